The van der Waals surface area contributed by atoms with E-state index in [1.54, 1.807) is 13.3 Å². The lowest BCUT2D eigenvalue weighted by molar-refractivity contribution is -0.120. The van der Waals surface area contributed by atoms with E-state index in [4.69, 9.17) is 4.74 Å². The molecule has 3 aromatic rings. The molecule has 1 N–H and O–H groups in total. The highest BCUT2D eigenvalue weighted by atomic mass is 16.5. The Morgan fingerprint density at radius 1 is 1.22 bits per heavy atom. The first-order chi connectivity index (χ1) is 11.2. The summed E-state index contributed by atoms with van der Waals surface area (Å²) in [5.74, 6) is 0.759. The molecule has 0 aliphatic rings. The van der Waals surface area contributed by atoms with Crippen molar-refractivity contribution in [2.45, 2.75) is 13.0 Å². The Kier molecular flexibility index (Phi) is 4.28. The Hall–Kier alpha value is -2.82. The highest BCUT2D eigenvalue weighted by molar-refractivity contribution is 5.87. The molecule has 2 heterocycles. The van der Waals surface area contributed by atoms with E-state index in [2.05, 4.69) is 10.3 Å². The molecule has 0 spiro atoms. The Balaban J connectivity index is 1.69. The minimum atomic E-state index is -0.0211. The van der Waals surface area contributed by atoms with Crippen LogP contribution < -0.4 is 10.1 Å². The molecule has 0 bridgehead atoms. The Bertz CT molecular complexity index is 839. The number of pyridine rings is 1. The number of aromatic nitrogens is 2. The number of carbonyl (C=O) groups excluding carboxylic acids is 1. The van der Waals surface area contributed by atoms with Crippen molar-refractivity contribution in [2.24, 2.45) is 7.05 Å². The quantitative estimate of drug-likeness (QED) is 0.787. The number of amides is 1. The van der Waals surface area contributed by atoms with E-state index in [9.17, 15) is 4.79 Å². The predicted octanol–water partition coefficient (Wildman–Crippen LogP) is 2.44. The molecule has 5 nitrogen and oxygen atoms in total. The number of fused-ring (bicyclic) bond motifs is 1. The second-order valence-electron chi connectivity index (χ2n) is 5.41. The lowest BCUT2D eigenvalue weighted by atomic mass is 10.1. The van der Waals surface area contributed by atoms with E-state index < -0.39 is 0 Å². The van der Waals surface area contributed by atoms with Crippen molar-refractivity contribution < 1.29 is 9.53 Å². The van der Waals surface area contributed by atoms with Crippen LogP contribution in [0, 0.1) is 0 Å². The topological polar surface area (TPSA) is 56.1 Å². The lowest BCUT2D eigenvalue weighted by Crippen LogP contribution is -2.24. The van der Waals surface area contributed by atoms with Crippen molar-refractivity contribution in [3.63, 3.8) is 0 Å². The van der Waals surface area contributed by atoms with Crippen LogP contribution in [0.1, 0.15) is 11.1 Å². The predicted molar refractivity (Wildman–Crippen MR) is 89.3 cm³/mol. The molecule has 0 radical (unpaired) electrons. The van der Waals surface area contributed by atoms with Crippen molar-refractivity contribution in [3.8, 4) is 5.75 Å². The Morgan fingerprint density at radius 2 is 2.04 bits per heavy atom. The summed E-state index contributed by atoms with van der Waals surface area (Å²) in [5.41, 5.74) is 2.83. The summed E-state index contributed by atoms with van der Waals surface area (Å²) in [6.07, 6.45) is 4.05. The summed E-state index contributed by atoms with van der Waals surface area (Å²) in [6.45, 7) is 0.450. The third-order valence-corrected chi connectivity index (χ3v) is 3.84. The van der Waals surface area contributed by atoms with Crippen LogP contribution >= 0.6 is 0 Å². The molecule has 0 saturated carbocycles. The molecular formula is C18H19N3O2. The molecule has 0 aliphatic heterocycles. The van der Waals surface area contributed by atoms with Gasteiger partial charge in [0.2, 0.25) is 5.91 Å². The molecule has 0 atom stereocenters. The number of aryl methyl sites for hydroxylation is 1. The molecule has 2 aromatic heterocycles. The first-order valence-electron chi connectivity index (χ1n) is 7.46. The molecular weight excluding hydrogens is 290 g/mol. The molecule has 0 unspecified atom stereocenters. The van der Waals surface area contributed by atoms with Crippen molar-refractivity contribution in [3.05, 3.63) is 59.9 Å². The SMILES string of the molecule is COc1ccccc1CNC(=O)Cc1cn(C)c2ncccc12. The van der Waals surface area contributed by atoms with Gasteiger partial charge in [-0.15, -0.1) is 0 Å². The van der Waals surface area contributed by atoms with Crippen molar-refractivity contribution in [1.29, 1.82) is 0 Å². The maximum absolute atomic E-state index is 12.3. The zero-order valence-electron chi connectivity index (χ0n) is 13.2. The average molecular weight is 309 g/mol. The van der Waals surface area contributed by atoms with Gasteiger partial charge >= 0.3 is 0 Å². The molecule has 118 valence electrons. The monoisotopic (exact) mass is 309 g/mol. The number of hydrogen-bond acceptors (Lipinski definition) is 3. The smallest absolute Gasteiger partial charge is 0.224 e. The van der Waals surface area contributed by atoms with Gasteiger partial charge in [0.1, 0.15) is 11.4 Å². The summed E-state index contributed by atoms with van der Waals surface area (Å²) in [6, 6.07) is 11.6. The highest BCUT2D eigenvalue weighted by Crippen LogP contribution is 2.19. The molecule has 0 aliphatic carbocycles. The number of methoxy groups -OCH3 is 1. The number of benzene rings is 1. The van der Waals surface area contributed by atoms with Gasteiger partial charge in [-0.05, 0) is 23.8 Å². The first kappa shape index (κ1) is 15.1. The Morgan fingerprint density at radius 3 is 2.87 bits per heavy atom. The molecule has 3 rings (SSSR count). The van der Waals surface area contributed by atoms with Crippen molar-refractivity contribution in [1.82, 2.24) is 14.9 Å². The van der Waals surface area contributed by atoms with Gasteiger partial charge in [-0.2, -0.15) is 0 Å². The van der Waals surface area contributed by atoms with Crippen LogP contribution in [0.5, 0.6) is 5.75 Å². The van der Waals surface area contributed by atoms with Crippen LogP contribution in [0.15, 0.2) is 48.8 Å². The van der Waals surface area contributed by atoms with Crippen LogP contribution in [-0.2, 0) is 24.8 Å². The van der Waals surface area contributed by atoms with Gasteiger partial charge in [-0.1, -0.05) is 18.2 Å². The summed E-state index contributed by atoms with van der Waals surface area (Å²) in [4.78, 5) is 16.6. The molecule has 0 saturated heterocycles. The Labute approximate surface area is 134 Å². The van der Waals surface area contributed by atoms with Gasteiger partial charge in [0.25, 0.3) is 0 Å². The van der Waals surface area contributed by atoms with Crippen LogP contribution in [0.25, 0.3) is 11.0 Å². The average Bonchev–Trinajstić information content (AvgIpc) is 2.89. The van der Waals surface area contributed by atoms with E-state index in [-0.39, 0.29) is 5.91 Å². The number of nitrogens with one attached hydrogen (secondary N) is 1. The summed E-state index contributed by atoms with van der Waals surface area (Å²) in [5, 5.41) is 3.96. The zero-order chi connectivity index (χ0) is 16.2. The second-order valence-corrected chi connectivity index (χ2v) is 5.41. The van der Waals surface area contributed by atoms with Crippen LogP contribution in [0.3, 0.4) is 0 Å². The third kappa shape index (κ3) is 3.18. The summed E-state index contributed by atoms with van der Waals surface area (Å²) < 4.78 is 7.24. The van der Waals surface area contributed by atoms with Crippen LogP contribution in [0.2, 0.25) is 0 Å². The zero-order valence-corrected chi connectivity index (χ0v) is 13.2. The third-order valence-electron chi connectivity index (χ3n) is 3.84. The number of carbonyl (C=O) groups is 1. The van der Waals surface area contributed by atoms with Gasteiger partial charge in [-0.25, -0.2) is 4.98 Å². The molecule has 0 fully saturated rings. The number of hydrogen-bond donors (Lipinski definition) is 1. The molecule has 23 heavy (non-hydrogen) atoms. The molecule has 5 heteroatoms. The second kappa shape index (κ2) is 6.52. The number of nitrogens with zero attached hydrogens (tertiary/aromatic N) is 2. The number of rotatable bonds is 5. The summed E-state index contributed by atoms with van der Waals surface area (Å²) >= 11 is 0. The van der Waals surface area contributed by atoms with E-state index in [1.165, 1.54) is 0 Å². The van der Waals surface area contributed by atoms with Gasteiger partial charge in [-0.3, -0.25) is 4.79 Å². The lowest BCUT2D eigenvalue weighted by Gasteiger charge is -2.09. The fourth-order valence-electron chi connectivity index (χ4n) is 2.71. The minimum absolute atomic E-state index is 0.0211. The van der Waals surface area contributed by atoms with Gasteiger partial charge in [0, 0.05) is 36.9 Å². The maximum atomic E-state index is 12.3. The van der Waals surface area contributed by atoms with Gasteiger partial charge in [0.05, 0.1) is 13.5 Å². The van der Waals surface area contributed by atoms with Crippen molar-refractivity contribution in [2.75, 3.05) is 7.11 Å². The maximum Gasteiger partial charge on any atom is 0.224 e. The van der Waals surface area contributed by atoms with Crippen LogP contribution in [0.4, 0.5) is 0 Å². The largest absolute Gasteiger partial charge is 0.496 e. The number of para-hydroxylation sites is 1. The van der Waals surface area contributed by atoms with E-state index in [1.807, 2.05) is 54.2 Å². The normalized spacial score (nSPS) is 10.7. The standard InChI is InChI=1S/C18H19N3O2/c1-21-12-14(15-7-5-9-19-18(15)21)10-17(22)20-11-13-6-3-4-8-16(13)23-2/h3-9,12H,10-11H2,1-2H3,(H,20,22). The fraction of sp³-hybridized carbons (Fsp3) is 0.222. The first-order valence-corrected chi connectivity index (χ1v) is 7.46. The fourth-order valence-corrected chi connectivity index (χ4v) is 2.71. The minimum Gasteiger partial charge on any atom is -0.496 e. The van der Waals surface area contributed by atoms with Gasteiger partial charge < -0.3 is 14.6 Å². The highest BCUT2D eigenvalue weighted by Gasteiger charge is 2.11. The molecule has 1 aromatic carbocycles. The van der Waals surface area contributed by atoms with E-state index in [0.29, 0.717) is 13.0 Å². The number of ether oxygens (including phenoxy) is 1. The van der Waals surface area contributed by atoms with E-state index >= 15 is 0 Å². The van der Waals surface area contributed by atoms with Crippen LogP contribution in [-0.4, -0.2) is 22.6 Å². The summed E-state index contributed by atoms with van der Waals surface area (Å²) in [7, 11) is 3.56. The molecule has 1 amide bonds. The van der Waals surface area contributed by atoms with Crippen molar-refractivity contribution >= 4 is 16.9 Å². The van der Waals surface area contributed by atoms with E-state index in [0.717, 1.165) is 27.9 Å². The van der Waals surface area contributed by atoms with Gasteiger partial charge in [0.15, 0.2) is 0 Å².